The van der Waals surface area contributed by atoms with Crippen molar-refractivity contribution in [3.8, 4) is 0 Å². The Labute approximate surface area is 174 Å². The van der Waals surface area contributed by atoms with E-state index in [-0.39, 0.29) is 18.4 Å². The maximum Gasteiger partial charge on any atom is 0.266 e. The summed E-state index contributed by atoms with van der Waals surface area (Å²) in [4.78, 5) is 26.9. The fourth-order valence-corrected chi connectivity index (χ4v) is 3.98. The van der Waals surface area contributed by atoms with E-state index in [4.69, 9.17) is 12.2 Å². The quantitative estimate of drug-likeness (QED) is 0.571. The van der Waals surface area contributed by atoms with E-state index < -0.39 is 0 Å². The SMILES string of the molecule is CC(=Cc1ccccc1)C=C1SC(=S)N(CC(=O)Nc2ccc(C)cc2)C1=O. The largest absolute Gasteiger partial charge is 0.325 e. The topological polar surface area (TPSA) is 49.4 Å². The van der Waals surface area contributed by atoms with Crippen LogP contribution in [0.3, 0.4) is 0 Å². The molecule has 0 bridgehead atoms. The fraction of sp³-hybridized carbons (Fsp3) is 0.136. The summed E-state index contributed by atoms with van der Waals surface area (Å²) in [5.41, 5.74) is 3.80. The molecule has 1 heterocycles. The minimum absolute atomic E-state index is 0.0999. The molecule has 3 rings (SSSR count). The molecule has 2 amide bonds. The van der Waals surface area contributed by atoms with Crippen LogP contribution in [0.4, 0.5) is 5.69 Å². The molecule has 2 aromatic carbocycles. The molecule has 0 aliphatic carbocycles. The normalized spacial score (nSPS) is 16.0. The Morgan fingerprint density at radius 2 is 1.82 bits per heavy atom. The molecule has 28 heavy (non-hydrogen) atoms. The molecule has 2 aromatic rings. The summed E-state index contributed by atoms with van der Waals surface area (Å²) in [6.45, 7) is 3.81. The number of carbonyl (C=O) groups excluding carboxylic acids is 2. The van der Waals surface area contributed by atoms with Crippen molar-refractivity contribution in [2.24, 2.45) is 0 Å². The van der Waals surface area contributed by atoms with Gasteiger partial charge in [0.25, 0.3) is 5.91 Å². The lowest BCUT2D eigenvalue weighted by molar-refractivity contribution is -0.126. The molecule has 142 valence electrons. The van der Waals surface area contributed by atoms with Crippen molar-refractivity contribution < 1.29 is 9.59 Å². The van der Waals surface area contributed by atoms with Gasteiger partial charge in [0.05, 0.1) is 4.91 Å². The van der Waals surface area contributed by atoms with Gasteiger partial charge in [0.15, 0.2) is 0 Å². The predicted molar refractivity (Wildman–Crippen MR) is 120 cm³/mol. The summed E-state index contributed by atoms with van der Waals surface area (Å²) in [6, 6.07) is 17.4. The van der Waals surface area contributed by atoms with Crippen molar-refractivity contribution >= 4 is 51.9 Å². The summed E-state index contributed by atoms with van der Waals surface area (Å²) in [6.07, 6.45) is 3.81. The third kappa shape index (κ3) is 5.18. The first-order chi connectivity index (χ1) is 13.4. The molecule has 0 radical (unpaired) electrons. The number of hydrogen-bond acceptors (Lipinski definition) is 4. The number of carbonyl (C=O) groups is 2. The van der Waals surface area contributed by atoms with E-state index in [1.54, 1.807) is 0 Å². The van der Waals surface area contributed by atoms with Gasteiger partial charge in [-0.15, -0.1) is 0 Å². The zero-order valence-electron chi connectivity index (χ0n) is 15.6. The summed E-state index contributed by atoms with van der Waals surface area (Å²) in [7, 11) is 0. The number of amides is 2. The van der Waals surface area contributed by atoms with E-state index in [9.17, 15) is 9.59 Å². The molecule has 0 unspecified atom stereocenters. The first kappa shape index (κ1) is 20.0. The zero-order chi connectivity index (χ0) is 20.1. The molecule has 0 saturated carbocycles. The smallest absolute Gasteiger partial charge is 0.266 e. The zero-order valence-corrected chi connectivity index (χ0v) is 17.3. The van der Waals surface area contributed by atoms with Crippen LogP contribution in [0.25, 0.3) is 6.08 Å². The standard InChI is InChI=1S/C22H20N2O2S2/c1-15-8-10-18(11-9-15)23-20(25)14-24-21(26)19(28-22(24)27)13-16(2)12-17-6-4-3-5-7-17/h3-13H,14H2,1-2H3,(H,23,25). The summed E-state index contributed by atoms with van der Waals surface area (Å²) in [5.74, 6) is -0.521. The minimum atomic E-state index is -0.280. The molecule has 1 fully saturated rings. The van der Waals surface area contributed by atoms with Crippen LogP contribution in [0.1, 0.15) is 18.1 Å². The number of rotatable bonds is 5. The average Bonchev–Trinajstić information content (AvgIpc) is 2.91. The number of nitrogens with zero attached hydrogens (tertiary/aromatic N) is 1. The van der Waals surface area contributed by atoms with Gasteiger partial charge in [-0.05, 0) is 43.2 Å². The number of aryl methyl sites for hydroxylation is 1. The number of thiocarbonyl (C=S) groups is 1. The highest BCUT2D eigenvalue weighted by Gasteiger charge is 2.33. The van der Waals surface area contributed by atoms with Crippen molar-refractivity contribution in [3.05, 3.63) is 82.3 Å². The van der Waals surface area contributed by atoms with E-state index >= 15 is 0 Å². The molecule has 1 aliphatic rings. The van der Waals surface area contributed by atoms with E-state index in [1.807, 2.05) is 80.6 Å². The van der Waals surface area contributed by atoms with Crippen LogP contribution < -0.4 is 5.32 Å². The molecular weight excluding hydrogens is 388 g/mol. The molecule has 6 heteroatoms. The van der Waals surface area contributed by atoms with Gasteiger partial charge >= 0.3 is 0 Å². The Morgan fingerprint density at radius 3 is 2.50 bits per heavy atom. The lowest BCUT2D eigenvalue weighted by Crippen LogP contribution is -2.36. The molecule has 1 saturated heterocycles. The van der Waals surface area contributed by atoms with Gasteiger partial charge in [0, 0.05) is 5.69 Å². The highest BCUT2D eigenvalue weighted by molar-refractivity contribution is 8.26. The molecule has 1 N–H and O–H groups in total. The Kier molecular flexibility index (Phi) is 6.44. The van der Waals surface area contributed by atoms with Crippen LogP contribution in [-0.4, -0.2) is 27.6 Å². The highest BCUT2D eigenvalue weighted by Crippen LogP contribution is 2.32. The predicted octanol–water partition coefficient (Wildman–Crippen LogP) is 4.78. The summed E-state index contributed by atoms with van der Waals surface area (Å²) >= 11 is 6.52. The number of hydrogen-bond donors (Lipinski definition) is 1. The van der Waals surface area contributed by atoms with Crippen LogP contribution in [0.2, 0.25) is 0 Å². The summed E-state index contributed by atoms with van der Waals surface area (Å²) in [5, 5.41) is 2.79. The Bertz CT molecular complexity index is 964. The van der Waals surface area contributed by atoms with Gasteiger partial charge in [0.1, 0.15) is 10.9 Å². The van der Waals surface area contributed by atoms with Gasteiger partial charge in [-0.2, -0.15) is 0 Å². The molecular formula is C22H20N2O2S2. The second kappa shape index (κ2) is 8.99. The Hall–Kier alpha value is -2.70. The first-order valence-corrected chi connectivity index (χ1v) is 10.00. The van der Waals surface area contributed by atoms with Gasteiger partial charge in [-0.3, -0.25) is 14.5 Å². The van der Waals surface area contributed by atoms with E-state index in [1.165, 1.54) is 16.7 Å². The van der Waals surface area contributed by atoms with Crippen molar-refractivity contribution in [3.63, 3.8) is 0 Å². The number of nitrogens with one attached hydrogen (secondary N) is 1. The second-order valence-electron chi connectivity index (χ2n) is 6.48. The molecule has 1 aliphatic heterocycles. The number of benzene rings is 2. The van der Waals surface area contributed by atoms with Gasteiger partial charge in [-0.25, -0.2) is 0 Å². The summed E-state index contributed by atoms with van der Waals surface area (Å²) < 4.78 is 0.391. The van der Waals surface area contributed by atoms with E-state index in [0.717, 1.165) is 16.7 Å². The lowest BCUT2D eigenvalue weighted by Gasteiger charge is -2.14. The first-order valence-electron chi connectivity index (χ1n) is 8.77. The van der Waals surface area contributed by atoms with E-state index in [2.05, 4.69) is 5.32 Å². The van der Waals surface area contributed by atoms with Crippen LogP contribution in [0.5, 0.6) is 0 Å². The maximum atomic E-state index is 12.7. The molecule has 0 spiro atoms. The van der Waals surface area contributed by atoms with Crippen LogP contribution >= 0.6 is 24.0 Å². The second-order valence-corrected chi connectivity index (χ2v) is 8.16. The van der Waals surface area contributed by atoms with Gasteiger partial charge < -0.3 is 5.32 Å². The maximum absolute atomic E-state index is 12.7. The monoisotopic (exact) mass is 408 g/mol. The number of anilines is 1. The van der Waals surface area contributed by atoms with Crippen LogP contribution in [0.15, 0.2) is 71.2 Å². The van der Waals surface area contributed by atoms with E-state index in [0.29, 0.717) is 14.9 Å². The lowest BCUT2D eigenvalue weighted by atomic mass is 10.1. The number of allylic oxidation sites excluding steroid dienone is 2. The highest BCUT2D eigenvalue weighted by atomic mass is 32.2. The van der Waals surface area contributed by atoms with Crippen molar-refractivity contribution in [2.75, 3.05) is 11.9 Å². The Balaban J connectivity index is 1.66. The molecule has 0 atom stereocenters. The van der Waals surface area contributed by atoms with Crippen LogP contribution in [-0.2, 0) is 9.59 Å². The van der Waals surface area contributed by atoms with Crippen molar-refractivity contribution in [1.82, 2.24) is 4.90 Å². The fourth-order valence-electron chi connectivity index (χ4n) is 2.68. The minimum Gasteiger partial charge on any atom is -0.325 e. The van der Waals surface area contributed by atoms with Crippen molar-refractivity contribution in [2.45, 2.75) is 13.8 Å². The average molecular weight is 409 g/mol. The molecule has 0 aromatic heterocycles. The van der Waals surface area contributed by atoms with Crippen molar-refractivity contribution in [1.29, 1.82) is 0 Å². The third-order valence-electron chi connectivity index (χ3n) is 4.06. The molecule has 4 nitrogen and oxygen atoms in total. The van der Waals surface area contributed by atoms with Crippen LogP contribution in [0, 0.1) is 6.92 Å². The third-order valence-corrected chi connectivity index (χ3v) is 5.44. The van der Waals surface area contributed by atoms with Gasteiger partial charge in [0.2, 0.25) is 5.91 Å². The number of thioether (sulfide) groups is 1. The van der Waals surface area contributed by atoms with Gasteiger partial charge in [-0.1, -0.05) is 78.1 Å². The Morgan fingerprint density at radius 1 is 1.14 bits per heavy atom.